The third-order valence-corrected chi connectivity index (χ3v) is 4.06. The SMILES string of the molecule is CCCN(Cc1nccn1C)[C@@H](C(=O)O)c1cc(C)ccc1OC. The van der Waals surface area contributed by atoms with Gasteiger partial charge < -0.3 is 14.4 Å². The van der Waals surface area contributed by atoms with Crippen molar-refractivity contribution >= 4 is 5.97 Å². The molecule has 1 atom stereocenters. The summed E-state index contributed by atoms with van der Waals surface area (Å²) >= 11 is 0. The molecule has 0 unspecified atom stereocenters. The van der Waals surface area contributed by atoms with Crippen LogP contribution in [0.2, 0.25) is 0 Å². The summed E-state index contributed by atoms with van der Waals surface area (Å²) in [6.07, 6.45) is 4.44. The minimum absolute atomic E-state index is 0.464. The second-order valence-electron chi connectivity index (χ2n) is 5.91. The van der Waals surface area contributed by atoms with E-state index in [0.29, 0.717) is 24.4 Å². The van der Waals surface area contributed by atoms with Crippen LogP contribution in [0.25, 0.3) is 0 Å². The normalized spacial score (nSPS) is 12.4. The third kappa shape index (κ3) is 3.94. The van der Waals surface area contributed by atoms with E-state index in [9.17, 15) is 9.90 Å². The fourth-order valence-electron chi connectivity index (χ4n) is 2.87. The lowest BCUT2D eigenvalue weighted by molar-refractivity contribution is -0.144. The van der Waals surface area contributed by atoms with Crippen molar-refractivity contribution in [3.63, 3.8) is 0 Å². The molecule has 0 radical (unpaired) electrons. The maximum Gasteiger partial charge on any atom is 0.325 e. The zero-order valence-electron chi connectivity index (χ0n) is 14.7. The number of benzene rings is 1. The van der Waals surface area contributed by atoms with Crippen LogP contribution in [0.5, 0.6) is 5.75 Å². The molecule has 130 valence electrons. The van der Waals surface area contributed by atoms with Crippen molar-refractivity contribution in [1.29, 1.82) is 0 Å². The average molecular weight is 331 g/mol. The third-order valence-electron chi connectivity index (χ3n) is 4.06. The molecule has 0 saturated carbocycles. The van der Waals surface area contributed by atoms with E-state index in [2.05, 4.69) is 4.98 Å². The van der Waals surface area contributed by atoms with Gasteiger partial charge in [0.2, 0.25) is 0 Å². The fourth-order valence-corrected chi connectivity index (χ4v) is 2.87. The maximum atomic E-state index is 12.1. The lowest BCUT2D eigenvalue weighted by Gasteiger charge is -2.29. The number of carboxylic acids is 1. The van der Waals surface area contributed by atoms with Gasteiger partial charge in [0.15, 0.2) is 0 Å². The molecule has 0 aliphatic heterocycles. The first kappa shape index (κ1) is 18.0. The number of carbonyl (C=O) groups is 1. The van der Waals surface area contributed by atoms with E-state index in [1.54, 1.807) is 13.3 Å². The molecule has 0 aliphatic carbocycles. The molecule has 24 heavy (non-hydrogen) atoms. The Morgan fingerprint density at radius 3 is 2.75 bits per heavy atom. The van der Waals surface area contributed by atoms with Crippen LogP contribution in [-0.2, 0) is 18.4 Å². The molecule has 1 aromatic carbocycles. The molecule has 0 bridgehead atoms. The number of ether oxygens (including phenoxy) is 1. The average Bonchev–Trinajstić information content (AvgIpc) is 2.93. The van der Waals surface area contributed by atoms with Crippen LogP contribution in [0.15, 0.2) is 30.6 Å². The minimum Gasteiger partial charge on any atom is -0.496 e. The smallest absolute Gasteiger partial charge is 0.325 e. The molecule has 0 amide bonds. The summed E-state index contributed by atoms with van der Waals surface area (Å²) in [6, 6.07) is 4.85. The van der Waals surface area contributed by atoms with Gasteiger partial charge in [-0.15, -0.1) is 0 Å². The van der Waals surface area contributed by atoms with E-state index in [1.165, 1.54) is 0 Å². The van der Waals surface area contributed by atoms with Gasteiger partial charge in [-0.1, -0.05) is 24.6 Å². The first-order chi connectivity index (χ1) is 11.5. The predicted molar refractivity (Wildman–Crippen MR) is 92.0 cm³/mol. The number of imidazole rings is 1. The van der Waals surface area contributed by atoms with Crippen LogP contribution in [0, 0.1) is 6.92 Å². The molecule has 0 spiro atoms. The van der Waals surface area contributed by atoms with Gasteiger partial charge in [-0.25, -0.2) is 4.98 Å². The summed E-state index contributed by atoms with van der Waals surface area (Å²) in [5.74, 6) is 0.539. The van der Waals surface area contributed by atoms with Crippen LogP contribution in [-0.4, -0.2) is 39.2 Å². The van der Waals surface area contributed by atoms with Crippen LogP contribution in [0.3, 0.4) is 0 Å². The monoisotopic (exact) mass is 331 g/mol. The van der Waals surface area contributed by atoms with Gasteiger partial charge in [0, 0.05) is 25.0 Å². The molecule has 0 saturated heterocycles. The van der Waals surface area contributed by atoms with Crippen LogP contribution in [0.4, 0.5) is 0 Å². The van der Waals surface area contributed by atoms with Crippen molar-refractivity contribution in [2.45, 2.75) is 32.9 Å². The van der Waals surface area contributed by atoms with Crippen molar-refractivity contribution in [3.05, 3.63) is 47.5 Å². The topological polar surface area (TPSA) is 67.6 Å². The molecule has 0 fully saturated rings. The molecule has 1 aromatic heterocycles. The summed E-state index contributed by atoms with van der Waals surface area (Å²) in [5.41, 5.74) is 1.68. The number of hydrogen-bond donors (Lipinski definition) is 1. The van der Waals surface area contributed by atoms with Crippen LogP contribution in [0.1, 0.15) is 36.3 Å². The number of nitrogens with zero attached hydrogens (tertiary/aromatic N) is 3. The Morgan fingerprint density at radius 1 is 1.46 bits per heavy atom. The number of hydrogen-bond acceptors (Lipinski definition) is 4. The summed E-state index contributed by atoms with van der Waals surface area (Å²) < 4.78 is 7.32. The molecule has 2 rings (SSSR count). The highest BCUT2D eigenvalue weighted by molar-refractivity contribution is 5.77. The fraction of sp³-hybridized carbons (Fsp3) is 0.444. The van der Waals surface area contributed by atoms with Gasteiger partial charge in [-0.2, -0.15) is 0 Å². The zero-order valence-corrected chi connectivity index (χ0v) is 14.7. The van der Waals surface area contributed by atoms with Crippen molar-refractivity contribution in [1.82, 2.24) is 14.5 Å². The van der Waals surface area contributed by atoms with Gasteiger partial charge in [0.25, 0.3) is 0 Å². The van der Waals surface area contributed by atoms with E-state index >= 15 is 0 Å². The van der Waals surface area contributed by atoms with Gasteiger partial charge in [0.1, 0.15) is 17.6 Å². The molecule has 2 aromatic rings. The number of aliphatic carboxylic acids is 1. The highest BCUT2D eigenvalue weighted by Crippen LogP contribution is 2.31. The molecular formula is C18H25N3O3. The molecule has 6 nitrogen and oxygen atoms in total. The Bertz CT molecular complexity index is 697. The highest BCUT2D eigenvalue weighted by atomic mass is 16.5. The lowest BCUT2D eigenvalue weighted by atomic mass is 10.0. The van der Waals surface area contributed by atoms with Gasteiger partial charge in [-0.05, 0) is 26.0 Å². The number of rotatable bonds is 8. The molecular weight excluding hydrogens is 306 g/mol. The number of aromatic nitrogens is 2. The molecule has 1 heterocycles. The van der Waals surface area contributed by atoms with Gasteiger partial charge >= 0.3 is 5.97 Å². The Morgan fingerprint density at radius 2 is 2.21 bits per heavy atom. The zero-order chi connectivity index (χ0) is 17.7. The Kier molecular flexibility index (Phi) is 5.98. The van der Waals surface area contributed by atoms with E-state index < -0.39 is 12.0 Å². The maximum absolute atomic E-state index is 12.1. The number of methoxy groups -OCH3 is 1. The van der Waals surface area contributed by atoms with Gasteiger partial charge in [-0.3, -0.25) is 9.69 Å². The largest absolute Gasteiger partial charge is 0.496 e. The molecule has 0 aliphatic rings. The Hall–Kier alpha value is -2.34. The Labute approximate surface area is 142 Å². The lowest BCUT2D eigenvalue weighted by Crippen LogP contribution is -2.35. The van der Waals surface area contributed by atoms with Crippen LogP contribution >= 0.6 is 0 Å². The van der Waals surface area contributed by atoms with E-state index in [0.717, 1.165) is 17.8 Å². The van der Waals surface area contributed by atoms with Crippen molar-refractivity contribution in [2.24, 2.45) is 7.05 Å². The Balaban J connectivity index is 2.44. The molecule has 1 N–H and O–H groups in total. The second-order valence-corrected chi connectivity index (χ2v) is 5.91. The summed E-state index contributed by atoms with van der Waals surface area (Å²) in [4.78, 5) is 18.3. The quantitative estimate of drug-likeness (QED) is 0.805. The van der Waals surface area contributed by atoms with Crippen LogP contribution < -0.4 is 4.74 Å². The number of aryl methyl sites for hydroxylation is 2. The first-order valence-corrected chi connectivity index (χ1v) is 8.05. The van der Waals surface area contributed by atoms with Crippen molar-refractivity contribution < 1.29 is 14.6 Å². The second kappa shape index (κ2) is 7.97. The van der Waals surface area contributed by atoms with Crippen molar-refractivity contribution in [2.75, 3.05) is 13.7 Å². The van der Waals surface area contributed by atoms with E-state index in [-0.39, 0.29) is 0 Å². The summed E-state index contributed by atoms with van der Waals surface area (Å²) in [7, 11) is 3.48. The van der Waals surface area contributed by atoms with E-state index in [4.69, 9.17) is 4.74 Å². The molecule has 6 heteroatoms. The highest BCUT2D eigenvalue weighted by Gasteiger charge is 2.30. The first-order valence-electron chi connectivity index (χ1n) is 8.05. The number of carboxylic acid groups (broad SMARTS) is 1. The predicted octanol–water partition coefficient (Wildman–Crippen LogP) is 2.78. The minimum atomic E-state index is -0.887. The van der Waals surface area contributed by atoms with E-state index in [1.807, 2.05) is 54.8 Å². The summed E-state index contributed by atoms with van der Waals surface area (Å²) in [6.45, 7) is 5.11. The van der Waals surface area contributed by atoms with Crippen molar-refractivity contribution in [3.8, 4) is 5.75 Å². The summed E-state index contributed by atoms with van der Waals surface area (Å²) in [5, 5.41) is 9.91. The standard InChI is InChI=1S/C18H25N3O3/c1-5-9-21(12-16-19-8-10-20(16)3)17(18(22)23)14-11-13(2)6-7-15(14)24-4/h6-8,10-11,17H,5,9,12H2,1-4H3,(H,22,23)/t17-/m1/s1. The van der Waals surface area contributed by atoms with Gasteiger partial charge in [0.05, 0.1) is 13.7 Å².